The first-order valence-electron chi connectivity index (χ1n) is 22.9. The molecule has 0 aliphatic rings. The van der Waals surface area contributed by atoms with Crippen LogP contribution >= 0.6 is 26.5 Å². The summed E-state index contributed by atoms with van der Waals surface area (Å²) in [4.78, 5) is 72.5. The van der Waals surface area contributed by atoms with E-state index < -0.39 is 38.4 Å². The van der Waals surface area contributed by atoms with Gasteiger partial charge in [0.05, 0.1) is 29.0 Å². The first kappa shape index (κ1) is 53.3. The number of anilines is 1. The summed E-state index contributed by atoms with van der Waals surface area (Å²) in [5, 5.41) is 9.10. The summed E-state index contributed by atoms with van der Waals surface area (Å²) >= 11 is 1.41. The maximum atomic E-state index is 13.1. The third-order valence-electron chi connectivity index (χ3n) is 11.0. The van der Waals surface area contributed by atoms with Gasteiger partial charge in [0.1, 0.15) is 13.2 Å². The lowest BCUT2D eigenvalue weighted by Gasteiger charge is -2.26. The fraction of sp³-hybridized carbons (Fsp3) is 0.667. The molecule has 2 unspecified atom stereocenters. The van der Waals surface area contributed by atoms with Crippen LogP contribution in [0.15, 0.2) is 58.8 Å². The van der Waals surface area contributed by atoms with Crippen LogP contribution in [0, 0.1) is 0 Å². The quantitative estimate of drug-likeness (QED) is 0.0188. The van der Waals surface area contributed by atoms with Crippen LogP contribution in [0.1, 0.15) is 155 Å². The van der Waals surface area contributed by atoms with Crippen molar-refractivity contribution in [3.05, 3.63) is 48.5 Å². The van der Waals surface area contributed by atoms with E-state index in [1.165, 1.54) is 75.5 Å². The third-order valence-corrected chi connectivity index (χ3v) is 14.5. The van der Waals surface area contributed by atoms with Crippen LogP contribution < -0.4 is 4.90 Å². The number of carbonyl (C=O) groups is 2. The van der Waals surface area contributed by atoms with Gasteiger partial charge in [0.2, 0.25) is 5.13 Å². The fourth-order valence-electron chi connectivity index (χ4n) is 7.31. The van der Waals surface area contributed by atoms with Gasteiger partial charge in [-0.2, -0.15) is 0 Å². The van der Waals surface area contributed by atoms with E-state index in [4.69, 9.17) is 9.47 Å². The normalized spacial score (nSPS) is 13.1. The van der Waals surface area contributed by atoms with Gasteiger partial charge in [-0.3, -0.25) is 18.7 Å². The minimum atomic E-state index is -4.78. The number of unbranched alkanes of at least 4 members (excludes halogenated alkanes) is 18. The lowest BCUT2D eigenvalue weighted by atomic mass is 10.1. The Morgan fingerprint density at radius 2 is 1.03 bits per heavy atom. The lowest BCUT2D eigenvalue weighted by Crippen LogP contribution is -2.34. The topological polar surface area (TPSA) is 209 Å². The average Bonchev–Trinajstić information content (AvgIpc) is 3.66. The molecule has 4 N–H and O–H groups in total. The Balaban J connectivity index is 1.59. The van der Waals surface area contributed by atoms with Crippen molar-refractivity contribution < 1.29 is 47.8 Å². The van der Waals surface area contributed by atoms with Gasteiger partial charge < -0.3 is 33.9 Å². The monoisotopic (exact) mass is 922 g/mol. The zero-order valence-electron chi connectivity index (χ0n) is 37.0. The molecule has 14 nitrogen and oxygen atoms in total. The SMILES string of the molecule is CCCCCCCCCCCCC(C(=O)OCCN(CCOC(=O)C(CCCCCCCCCCCC)P(=O)(O)O)c1ccc(/N=N/c2nc3ccccc3s2)cc1)P(=O)(O)O. The Labute approximate surface area is 373 Å². The molecule has 348 valence electrons. The molecule has 0 amide bonds. The summed E-state index contributed by atoms with van der Waals surface area (Å²) in [5.74, 6) is -1.94. The van der Waals surface area contributed by atoms with E-state index in [-0.39, 0.29) is 39.1 Å². The number of nitrogens with zero attached hydrogens (tertiary/aromatic N) is 4. The summed E-state index contributed by atoms with van der Waals surface area (Å²) < 4.78 is 36.6. The van der Waals surface area contributed by atoms with Crippen molar-refractivity contribution in [2.24, 2.45) is 10.2 Å². The molecule has 0 bridgehead atoms. The van der Waals surface area contributed by atoms with Crippen molar-refractivity contribution in [1.82, 2.24) is 4.98 Å². The number of aromatic nitrogens is 1. The third kappa shape index (κ3) is 21.6. The van der Waals surface area contributed by atoms with E-state index in [1.807, 2.05) is 24.3 Å². The van der Waals surface area contributed by atoms with Gasteiger partial charge in [0.15, 0.2) is 11.3 Å². The summed E-state index contributed by atoms with van der Waals surface area (Å²) in [6, 6.07) is 14.7. The number of hydrogen-bond donors (Lipinski definition) is 4. The molecule has 0 aliphatic heterocycles. The van der Waals surface area contributed by atoms with Gasteiger partial charge in [-0.15, -0.1) is 10.2 Å². The predicted octanol–water partition coefficient (Wildman–Crippen LogP) is 12.3. The molecule has 2 aromatic carbocycles. The Morgan fingerprint density at radius 1 is 0.613 bits per heavy atom. The molecule has 0 radical (unpaired) electrons. The lowest BCUT2D eigenvalue weighted by molar-refractivity contribution is -0.143. The number of esters is 2. The standard InChI is InChI=1S/C45H72N4O10P2S/c1-3-5-7-9-11-13-15-17-19-21-26-40(60(52,53)54)43(50)58-35-33-49(38-31-29-37(30-32-38)47-48-45-46-39-25-23-24-28-42(39)62-45)34-36-59-44(51)41(61(55,56)57)27-22-20-18-16-14-12-10-8-6-4-2/h23-25,28-32,40-41H,3-22,26-27,33-36H2,1-2H3,(H2,52,53,54)(H2,55,56,57)/b48-47+. The Morgan fingerprint density at radius 3 is 1.45 bits per heavy atom. The second-order valence-electron chi connectivity index (χ2n) is 16.2. The van der Waals surface area contributed by atoms with Gasteiger partial charge in [-0.05, 0) is 49.2 Å². The molecular formula is C45H72N4O10P2S. The summed E-state index contributed by atoms with van der Waals surface area (Å²) in [6.07, 6.45) is 21.0. The zero-order chi connectivity index (χ0) is 45.1. The predicted molar refractivity (Wildman–Crippen MR) is 249 cm³/mol. The van der Waals surface area contributed by atoms with Crippen LogP contribution in [-0.2, 0) is 28.2 Å². The highest BCUT2D eigenvalue weighted by Crippen LogP contribution is 2.45. The van der Waals surface area contributed by atoms with Crippen molar-refractivity contribution in [2.75, 3.05) is 31.2 Å². The number of ether oxygens (including phenoxy) is 2. The summed E-state index contributed by atoms with van der Waals surface area (Å²) in [7, 11) is -9.56. The van der Waals surface area contributed by atoms with E-state index >= 15 is 0 Å². The van der Waals surface area contributed by atoms with Gasteiger partial charge in [-0.25, -0.2) is 4.98 Å². The second kappa shape index (κ2) is 30.2. The number of azo groups is 1. The van der Waals surface area contributed by atoms with Crippen LogP contribution in [0.25, 0.3) is 10.2 Å². The molecule has 0 aliphatic carbocycles. The molecule has 62 heavy (non-hydrogen) atoms. The van der Waals surface area contributed by atoms with E-state index in [0.717, 1.165) is 61.6 Å². The van der Waals surface area contributed by atoms with E-state index in [9.17, 15) is 38.3 Å². The van der Waals surface area contributed by atoms with E-state index in [2.05, 4.69) is 29.1 Å². The highest BCUT2D eigenvalue weighted by molar-refractivity contribution is 7.54. The first-order chi connectivity index (χ1) is 29.8. The Hall–Kier alpha value is -3.03. The van der Waals surface area contributed by atoms with Crippen molar-refractivity contribution in [3.8, 4) is 0 Å². The van der Waals surface area contributed by atoms with Crippen LogP contribution in [0.2, 0.25) is 0 Å². The molecule has 0 fully saturated rings. The molecule has 3 aromatic rings. The average molecular weight is 923 g/mol. The maximum absolute atomic E-state index is 13.1. The molecule has 0 saturated heterocycles. The molecule has 2 atom stereocenters. The van der Waals surface area contributed by atoms with E-state index in [0.29, 0.717) is 29.3 Å². The number of para-hydroxylation sites is 1. The number of thiazole rings is 1. The van der Waals surface area contributed by atoms with E-state index in [1.54, 1.807) is 29.2 Å². The minimum Gasteiger partial charge on any atom is -0.463 e. The zero-order valence-corrected chi connectivity index (χ0v) is 39.6. The molecule has 0 spiro atoms. The largest absolute Gasteiger partial charge is 0.463 e. The number of hydrogen-bond acceptors (Lipinski definition) is 11. The Bertz CT molecular complexity index is 1730. The molecule has 3 rings (SSSR count). The number of rotatable bonds is 35. The highest BCUT2D eigenvalue weighted by Gasteiger charge is 2.37. The Kier molecular flexibility index (Phi) is 25.9. The summed E-state index contributed by atoms with van der Waals surface area (Å²) in [6.45, 7) is 4.09. The van der Waals surface area contributed by atoms with Crippen LogP contribution in [0.5, 0.6) is 0 Å². The number of benzene rings is 2. The van der Waals surface area contributed by atoms with Crippen LogP contribution in [0.4, 0.5) is 16.5 Å². The fourth-order valence-corrected chi connectivity index (χ4v) is 9.83. The van der Waals surface area contributed by atoms with Gasteiger partial charge in [-0.1, -0.05) is 166 Å². The molecule has 17 heteroatoms. The van der Waals surface area contributed by atoms with Gasteiger partial charge in [0, 0.05) is 5.69 Å². The molecular weight excluding hydrogens is 851 g/mol. The molecule has 0 saturated carbocycles. The van der Waals surface area contributed by atoms with Crippen molar-refractivity contribution in [3.63, 3.8) is 0 Å². The van der Waals surface area contributed by atoms with Crippen molar-refractivity contribution >= 4 is 65.2 Å². The molecule has 1 aromatic heterocycles. The molecule has 1 heterocycles. The maximum Gasteiger partial charge on any atom is 0.339 e. The number of fused-ring (bicyclic) bond motifs is 1. The summed E-state index contributed by atoms with van der Waals surface area (Å²) in [5.41, 5.74) is -1.13. The first-order valence-corrected chi connectivity index (χ1v) is 27.1. The minimum absolute atomic E-state index is 0.0200. The van der Waals surface area contributed by atoms with Crippen LogP contribution in [0.3, 0.4) is 0 Å². The number of carbonyl (C=O) groups excluding carboxylic acids is 2. The van der Waals surface area contributed by atoms with Gasteiger partial charge >= 0.3 is 27.1 Å². The van der Waals surface area contributed by atoms with Crippen molar-refractivity contribution in [2.45, 2.75) is 166 Å². The van der Waals surface area contributed by atoms with Gasteiger partial charge in [0.25, 0.3) is 0 Å². The van der Waals surface area contributed by atoms with Crippen LogP contribution in [-0.4, -0.2) is 74.1 Å². The second-order valence-corrected chi connectivity index (χ2v) is 20.8. The smallest absolute Gasteiger partial charge is 0.339 e. The highest BCUT2D eigenvalue weighted by atomic mass is 32.1. The van der Waals surface area contributed by atoms with Crippen molar-refractivity contribution in [1.29, 1.82) is 0 Å².